The van der Waals surface area contributed by atoms with Gasteiger partial charge >= 0.3 is 0 Å². The molecule has 27 heavy (non-hydrogen) atoms. The van der Waals surface area contributed by atoms with Crippen LogP contribution in [0.2, 0.25) is 5.02 Å². The number of carbonyl (C=O) groups is 1. The number of hydrogen-bond donors (Lipinski definition) is 0. The minimum Gasteiger partial charge on any atom is -0.368 e. The van der Waals surface area contributed by atoms with E-state index in [0.29, 0.717) is 37.8 Å². The maximum Gasteiger partial charge on any atom is 0.271 e. The minimum absolute atomic E-state index is 0.00202. The summed E-state index contributed by atoms with van der Waals surface area (Å²) in [5.41, 5.74) is 1.72. The molecule has 0 bridgehead atoms. The molecule has 1 saturated heterocycles. The molecule has 0 atom stereocenters. The summed E-state index contributed by atoms with van der Waals surface area (Å²) in [6.07, 6.45) is 0. The lowest BCUT2D eigenvalue weighted by atomic mass is 10.2. The summed E-state index contributed by atoms with van der Waals surface area (Å²) in [4.78, 5) is 26.6. The number of nitrogens with zero attached hydrogens (tertiary/aromatic N) is 3. The normalized spacial score (nSPS) is 14.3. The fraction of sp³-hybridized carbons (Fsp3) is 0.316. The first kappa shape index (κ1) is 19.1. The molecular weight excluding hydrogens is 370 g/mol. The third-order valence-electron chi connectivity index (χ3n) is 4.48. The van der Waals surface area contributed by atoms with Gasteiger partial charge in [-0.1, -0.05) is 35.9 Å². The molecule has 0 radical (unpaired) electrons. The third-order valence-corrected chi connectivity index (χ3v) is 4.85. The first-order chi connectivity index (χ1) is 13.0. The van der Waals surface area contributed by atoms with Crippen molar-refractivity contribution in [3.8, 4) is 0 Å². The van der Waals surface area contributed by atoms with Gasteiger partial charge < -0.3 is 14.5 Å². The summed E-state index contributed by atoms with van der Waals surface area (Å²) < 4.78 is 5.50. The van der Waals surface area contributed by atoms with E-state index in [0.717, 1.165) is 11.3 Å². The Kier molecular flexibility index (Phi) is 6.26. The first-order valence-electron chi connectivity index (χ1n) is 8.63. The molecule has 1 aliphatic heterocycles. The van der Waals surface area contributed by atoms with Crippen LogP contribution < -0.4 is 4.90 Å². The molecule has 0 aliphatic carbocycles. The number of hydrogen-bond acceptors (Lipinski definition) is 5. The number of piperazine rings is 1. The zero-order valence-electron chi connectivity index (χ0n) is 14.7. The fourth-order valence-corrected chi connectivity index (χ4v) is 3.16. The van der Waals surface area contributed by atoms with Crippen LogP contribution in [0.4, 0.5) is 11.4 Å². The van der Waals surface area contributed by atoms with Gasteiger partial charge in [0.05, 0.1) is 11.5 Å². The number of non-ortho nitro benzene ring substituents is 1. The van der Waals surface area contributed by atoms with E-state index >= 15 is 0 Å². The molecule has 0 spiro atoms. The Hall–Kier alpha value is -2.64. The van der Waals surface area contributed by atoms with Gasteiger partial charge in [0.2, 0.25) is 5.91 Å². The van der Waals surface area contributed by atoms with Crippen LogP contribution in [0.1, 0.15) is 5.56 Å². The third kappa shape index (κ3) is 4.96. The number of rotatable bonds is 6. The van der Waals surface area contributed by atoms with Crippen LogP contribution in [0.3, 0.4) is 0 Å². The fourth-order valence-electron chi connectivity index (χ4n) is 2.97. The van der Waals surface area contributed by atoms with Crippen molar-refractivity contribution in [1.82, 2.24) is 4.90 Å². The van der Waals surface area contributed by atoms with Gasteiger partial charge in [0.1, 0.15) is 6.61 Å². The van der Waals surface area contributed by atoms with E-state index in [1.807, 2.05) is 29.2 Å². The van der Waals surface area contributed by atoms with Gasteiger partial charge in [-0.05, 0) is 17.7 Å². The van der Waals surface area contributed by atoms with Crippen LogP contribution in [-0.4, -0.2) is 48.5 Å². The molecule has 0 unspecified atom stereocenters. The quantitative estimate of drug-likeness (QED) is 0.560. The van der Waals surface area contributed by atoms with Gasteiger partial charge in [0, 0.05) is 49.0 Å². The molecule has 2 aromatic carbocycles. The van der Waals surface area contributed by atoms with Crippen LogP contribution in [0.15, 0.2) is 48.5 Å². The summed E-state index contributed by atoms with van der Waals surface area (Å²) in [5, 5.41) is 11.5. The van der Waals surface area contributed by atoms with E-state index in [1.54, 1.807) is 23.1 Å². The van der Waals surface area contributed by atoms with Crippen molar-refractivity contribution in [2.75, 3.05) is 37.7 Å². The number of anilines is 1. The summed E-state index contributed by atoms with van der Waals surface area (Å²) in [7, 11) is 0. The Labute approximate surface area is 162 Å². The zero-order chi connectivity index (χ0) is 19.2. The minimum atomic E-state index is -0.403. The zero-order valence-corrected chi connectivity index (χ0v) is 15.5. The summed E-state index contributed by atoms with van der Waals surface area (Å²) in [5.74, 6) is -0.0688. The monoisotopic (exact) mass is 389 g/mol. The molecule has 1 fully saturated rings. The largest absolute Gasteiger partial charge is 0.368 e. The topological polar surface area (TPSA) is 75.9 Å². The predicted octanol–water partition coefficient (Wildman–Crippen LogP) is 3.11. The maximum absolute atomic E-state index is 12.3. The highest BCUT2D eigenvalue weighted by Gasteiger charge is 2.22. The van der Waals surface area contributed by atoms with Crippen molar-refractivity contribution in [2.24, 2.45) is 0 Å². The highest BCUT2D eigenvalue weighted by Crippen LogP contribution is 2.22. The Morgan fingerprint density at radius 2 is 1.85 bits per heavy atom. The van der Waals surface area contributed by atoms with E-state index in [-0.39, 0.29) is 18.2 Å². The molecular formula is C19H20ClN3O4. The molecule has 0 N–H and O–H groups in total. The molecule has 142 valence electrons. The number of nitro groups is 1. The Morgan fingerprint density at radius 1 is 1.11 bits per heavy atom. The van der Waals surface area contributed by atoms with Crippen molar-refractivity contribution in [3.05, 3.63) is 69.2 Å². The molecule has 1 aliphatic rings. The lowest BCUT2D eigenvalue weighted by Crippen LogP contribution is -2.49. The van der Waals surface area contributed by atoms with Crippen LogP contribution in [0.5, 0.6) is 0 Å². The van der Waals surface area contributed by atoms with Gasteiger partial charge in [-0.15, -0.1) is 0 Å². The summed E-state index contributed by atoms with van der Waals surface area (Å²) in [6.45, 7) is 2.64. The average Bonchev–Trinajstić information content (AvgIpc) is 2.69. The number of benzene rings is 2. The van der Waals surface area contributed by atoms with Crippen LogP contribution in [0, 0.1) is 10.1 Å². The number of halogens is 1. The molecule has 3 rings (SSSR count). The van der Waals surface area contributed by atoms with Gasteiger partial charge in [-0.3, -0.25) is 14.9 Å². The molecule has 1 amide bonds. The highest BCUT2D eigenvalue weighted by molar-refractivity contribution is 6.31. The second kappa shape index (κ2) is 8.83. The van der Waals surface area contributed by atoms with Gasteiger partial charge in [0.15, 0.2) is 0 Å². The Morgan fingerprint density at radius 3 is 2.56 bits per heavy atom. The van der Waals surface area contributed by atoms with E-state index in [9.17, 15) is 14.9 Å². The molecule has 0 aromatic heterocycles. The van der Waals surface area contributed by atoms with Crippen LogP contribution in [-0.2, 0) is 16.1 Å². The molecule has 8 heteroatoms. The van der Waals surface area contributed by atoms with Crippen molar-refractivity contribution in [1.29, 1.82) is 0 Å². The van der Waals surface area contributed by atoms with Gasteiger partial charge in [-0.2, -0.15) is 0 Å². The Balaban J connectivity index is 1.47. The lowest BCUT2D eigenvalue weighted by Gasteiger charge is -2.36. The van der Waals surface area contributed by atoms with Gasteiger partial charge in [-0.25, -0.2) is 0 Å². The highest BCUT2D eigenvalue weighted by atomic mass is 35.5. The van der Waals surface area contributed by atoms with Gasteiger partial charge in [0.25, 0.3) is 5.69 Å². The van der Waals surface area contributed by atoms with Crippen LogP contribution >= 0.6 is 11.6 Å². The van der Waals surface area contributed by atoms with Crippen LogP contribution in [0.25, 0.3) is 0 Å². The van der Waals surface area contributed by atoms with E-state index in [1.165, 1.54) is 6.07 Å². The number of amides is 1. The van der Waals surface area contributed by atoms with Crippen molar-refractivity contribution in [3.63, 3.8) is 0 Å². The second-order valence-corrected chi connectivity index (χ2v) is 6.64. The number of nitro benzene ring substituents is 1. The average molecular weight is 390 g/mol. The van der Waals surface area contributed by atoms with E-state index in [2.05, 4.69) is 0 Å². The SMILES string of the molecule is O=C(COCc1ccccc1Cl)N1CCN(c2cccc([N+](=O)[O-])c2)CC1. The standard InChI is InChI=1S/C19H20ClN3O4/c20-18-7-2-1-4-15(18)13-27-14-19(24)22-10-8-21(9-11-22)16-5-3-6-17(12-16)23(25)26/h1-7,12H,8-11,13-14H2. The van der Waals surface area contributed by atoms with Crippen molar-refractivity contribution < 1.29 is 14.5 Å². The molecule has 7 nitrogen and oxygen atoms in total. The van der Waals surface area contributed by atoms with E-state index < -0.39 is 4.92 Å². The lowest BCUT2D eigenvalue weighted by molar-refractivity contribution is -0.384. The molecule has 0 saturated carbocycles. The number of carbonyl (C=O) groups excluding carboxylic acids is 1. The second-order valence-electron chi connectivity index (χ2n) is 6.23. The van der Waals surface area contributed by atoms with E-state index in [4.69, 9.17) is 16.3 Å². The molecule has 1 heterocycles. The summed E-state index contributed by atoms with van der Waals surface area (Å²) >= 11 is 6.07. The summed E-state index contributed by atoms with van der Waals surface area (Å²) in [6, 6.07) is 13.9. The smallest absolute Gasteiger partial charge is 0.271 e. The van der Waals surface area contributed by atoms with Crippen molar-refractivity contribution in [2.45, 2.75) is 6.61 Å². The molecule has 2 aromatic rings. The maximum atomic E-state index is 12.3. The van der Waals surface area contributed by atoms with Crippen molar-refractivity contribution >= 4 is 28.9 Å². The predicted molar refractivity (Wildman–Crippen MR) is 103 cm³/mol. The first-order valence-corrected chi connectivity index (χ1v) is 9.01. The Bertz CT molecular complexity index is 822. The number of ether oxygens (including phenoxy) is 1.